The molecular weight excluding hydrogens is 236 g/mol. The van der Waals surface area contributed by atoms with Crippen molar-refractivity contribution in [3.63, 3.8) is 0 Å². The molecule has 3 nitrogen and oxygen atoms in total. The van der Waals surface area contributed by atoms with Crippen molar-refractivity contribution in [2.45, 2.75) is 52.1 Å². The Morgan fingerprint density at radius 3 is 2.63 bits per heavy atom. The summed E-state index contributed by atoms with van der Waals surface area (Å²) in [4.78, 5) is 2.48. The third-order valence-electron chi connectivity index (χ3n) is 4.32. The molecule has 0 saturated carbocycles. The lowest BCUT2D eigenvalue weighted by molar-refractivity contribution is 0.376. The largest absolute Gasteiger partial charge is 0.496 e. The lowest BCUT2D eigenvalue weighted by Crippen LogP contribution is -2.48. The highest BCUT2D eigenvalue weighted by Gasteiger charge is 2.36. The number of ether oxygens (including phenoxy) is 1. The Kier molecular flexibility index (Phi) is 3.77. The van der Waals surface area contributed by atoms with Crippen LogP contribution < -0.4 is 15.4 Å². The second kappa shape index (κ2) is 5.04. The highest BCUT2D eigenvalue weighted by atomic mass is 16.5. The van der Waals surface area contributed by atoms with Gasteiger partial charge in [-0.1, -0.05) is 6.92 Å². The first-order chi connectivity index (χ1) is 8.94. The van der Waals surface area contributed by atoms with Crippen LogP contribution in [0.2, 0.25) is 0 Å². The zero-order chi connectivity index (χ0) is 14.2. The predicted octanol–water partition coefficient (Wildman–Crippen LogP) is 3.27. The number of anilines is 1. The number of rotatable bonds is 3. The molecule has 0 unspecified atom stereocenters. The van der Waals surface area contributed by atoms with Crippen LogP contribution >= 0.6 is 0 Å². The van der Waals surface area contributed by atoms with Crippen molar-refractivity contribution < 1.29 is 4.74 Å². The highest BCUT2D eigenvalue weighted by Crippen LogP contribution is 2.45. The summed E-state index contributed by atoms with van der Waals surface area (Å²) in [6.45, 7) is 10.7. The molecule has 1 aliphatic heterocycles. The number of nitrogens with zero attached hydrogens (tertiary/aromatic N) is 1. The fourth-order valence-electron chi connectivity index (χ4n) is 3.50. The minimum absolute atomic E-state index is 0.191. The number of benzene rings is 1. The van der Waals surface area contributed by atoms with Gasteiger partial charge in [0.1, 0.15) is 5.75 Å². The molecule has 2 N–H and O–H groups in total. The minimum Gasteiger partial charge on any atom is -0.496 e. The van der Waals surface area contributed by atoms with Crippen molar-refractivity contribution in [3.05, 3.63) is 23.3 Å². The van der Waals surface area contributed by atoms with Crippen molar-refractivity contribution in [1.29, 1.82) is 0 Å². The molecule has 3 heteroatoms. The summed E-state index contributed by atoms with van der Waals surface area (Å²) < 4.78 is 5.49. The SMILES string of the molecule is CCN1c2cc(OC)c(CN)cc2[C@@H](C)CC1(C)C. The quantitative estimate of drug-likeness (QED) is 0.908. The number of hydrogen-bond acceptors (Lipinski definition) is 3. The Morgan fingerprint density at radius 2 is 2.11 bits per heavy atom. The van der Waals surface area contributed by atoms with E-state index in [1.807, 2.05) is 0 Å². The smallest absolute Gasteiger partial charge is 0.125 e. The summed E-state index contributed by atoms with van der Waals surface area (Å²) in [6, 6.07) is 4.40. The molecule has 0 aromatic heterocycles. The van der Waals surface area contributed by atoms with E-state index in [-0.39, 0.29) is 5.54 Å². The van der Waals surface area contributed by atoms with Crippen LogP contribution in [0, 0.1) is 0 Å². The summed E-state index contributed by atoms with van der Waals surface area (Å²) in [6.07, 6.45) is 1.17. The van der Waals surface area contributed by atoms with Gasteiger partial charge in [0.05, 0.1) is 7.11 Å². The van der Waals surface area contributed by atoms with Crippen molar-refractivity contribution in [1.82, 2.24) is 0 Å². The van der Waals surface area contributed by atoms with Crippen LogP contribution in [0.25, 0.3) is 0 Å². The zero-order valence-electron chi connectivity index (χ0n) is 12.8. The maximum atomic E-state index is 5.83. The van der Waals surface area contributed by atoms with Gasteiger partial charge in [0.15, 0.2) is 0 Å². The van der Waals surface area contributed by atoms with Gasteiger partial charge >= 0.3 is 0 Å². The highest BCUT2D eigenvalue weighted by molar-refractivity contribution is 5.64. The molecule has 0 bridgehead atoms. The fraction of sp³-hybridized carbons (Fsp3) is 0.625. The van der Waals surface area contributed by atoms with E-state index in [1.165, 1.54) is 17.7 Å². The van der Waals surface area contributed by atoms with Crippen LogP contribution in [0.1, 0.15) is 51.2 Å². The average Bonchev–Trinajstić information content (AvgIpc) is 2.36. The van der Waals surface area contributed by atoms with Gasteiger partial charge in [0, 0.05) is 35.9 Å². The number of methoxy groups -OCH3 is 1. The summed E-state index contributed by atoms with van der Waals surface area (Å²) in [7, 11) is 1.72. The van der Waals surface area contributed by atoms with Crippen molar-refractivity contribution >= 4 is 5.69 Å². The molecule has 1 aliphatic rings. The Bertz CT molecular complexity index is 468. The third kappa shape index (κ3) is 2.32. The van der Waals surface area contributed by atoms with Crippen LogP contribution in [-0.4, -0.2) is 19.2 Å². The van der Waals surface area contributed by atoms with Crippen LogP contribution in [0.15, 0.2) is 12.1 Å². The minimum atomic E-state index is 0.191. The molecule has 1 atom stereocenters. The van der Waals surface area contributed by atoms with E-state index < -0.39 is 0 Å². The topological polar surface area (TPSA) is 38.5 Å². The van der Waals surface area contributed by atoms with E-state index in [1.54, 1.807) is 7.11 Å². The molecule has 1 aromatic rings. The van der Waals surface area contributed by atoms with E-state index in [0.717, 1.165) is 17.9 Å². The maximum Gasteiger partial charge on any atom is 0.125 e. The first-order valence-electron chi connectivity index (χ1n) is 7.13. The molecule has 0 spiro atoms. The Balaban J connectivity index is 2.60. The van der Waals surface area contributed by atoms with Gasteiger partial charge in [-0.3, -0.25) is 0 Å². The summed E-state index contributed by atoms with van der Waals surface area (Å²) in [5.41, 5.74) is 9.83. The lowest BCUT2D eigenvalue weighted by Gasteiger charge is -2.47. The molecule has 2 rings (SSSR count). The van der Waals surface area contributed by atoms with Gasteiger partial charge in [-0.25, -0.2) is 0 Å². The molecular formula is C16H26N2O. The van der Waals surface area contributed by atoms with Crippen LogP contribution in [0.5, 0.6) is 5.75 Å². The Morgan fingerprint density at radius 1 is 1.42 bits per heavy atom. The molecule has 0 radical (unpaired) electrons. The number of fused-ring (bicyclic) bond motifs is 1. The molecule has 19 heavy (non-hydrogen) atoms. The molecule has 0 fully saturated rings. The van der Waals surface area contributed by atoms with E-state index >= 15 is 0 Å². The lowest BCUT2D eigenvalue weighted by atomic mass is 9.79. The monoisotopic (exact) mass is 262 g/mol. The van der Waals surface area contributed by atoms with Crippen molar-refractivity contribution in [2.75, 3.05) is 18.6 Å². The van der Waals surface area contributed by atoms with E-state index in [4.69, 9.17) is 10.5 Å². The fourth-order valence-corrected chi connectivity index (χ4v) is 3.50. The predicted molar refractivity (Wildman–Crippen MR) is 81.0 cm³/mol. The normalized spacial score (nSPS) is 21.2. The second-order valence-corrected chi connectivity index (χ2v) is 6.09. The Labute approximate surface area is 116 Å². The number of nitrogens with two attached hydrogens (primary N) is 1. The first-order valence-corrected chi connectivity index (χ1v) is 7.13. The first kappa shape index (κ1) is 14.2. The van der Waals surface area contributed by atoms with Crippen LogP contribution in [0.3, 0.4) is 0 Å². The van der Waals surface area contributed by atoms with E-state index in [9.17, 15) is 0 Å². The van der Waals surface area contributed by atoms with Crippen molar-refractivity contribution in [3.8, 4) is 5.75 Å². The van der Waals surface area contributed by atoms with Crippen LogP contribution in [-0.2, 0) is 6.54 Å². The summed E-state index contributed by atoms with van der Waals surface area (Å²) in [5, 5.41) is 0. The maximum absolute atomic E-state index is 5.83. The van der Waals surface area contributed by atoms with Gasteiger partial charge in [-0.15, -0.1) is 0 Å². The van der Waals surface area contributed by atoms with Crippen LogP contribution in [0.4, 0.5) is 5.69 Å². The molecule has 0 saturated heterocycles. The van der Waals surface area contributed by atoms with Gasteiger partial charge < -0.3 is 15.4 Å². The molecule has 0 aliphatic carbocycles. The molecule has 1 aromatic carbocycles. The van der Waals surface area contributed by atoms with E-state index in [0.29, 0.717) is 12.5 Å². The van der Waals surface area contributed by atoms with E-state index in [2.05, 4.69) is 44.7 Å². The molecule has 106 valence electrons. The third-order valence-corrected chi connectivity index (χ3v) is 4.32. The van der Waals surface area contributed by atoms with Gasteiger partial charge in [-0.05, 0) is 44.7 Å². The standard InChI is InChI=1S/C16H26N2O/c1-6-18-14-8-15(19-5)12(10-17)7-13(14)11(2)9-16(18,3)4/h7-8,11H,6,9-10,17H2,1-5H3/t11-/m0/s1. The Hall–Kier alpha value is -1.22. The summed E-state index contributed by atoms with van der Waals surface area (Å²) >= 11 is 0. The molecule has 0 amide bonds. The van der Waals surface area contributed by atoms with Gasteiger partial charge in [0.2, 0.25) is 0 Å². The average molecular weight is 262 g/mol. The van der Waals surface area contributed by atoms with Crippen molar-refractivity contribution in [2.24, 2.45) is 5.73 Å². The number of hydrogen-bond donors (Lipinski definition) is 1. The summed E-state index contributed by atoms with van der Waals surface area (Å²) in [5.74, 6) is 1.47. The second-order valence-electron chi connectivity index (χ2n) is 6.09. The molecule has 1 heterocycles. The van der Waals surface area contributed by atoms with Gasteiger partial charge in [0.25, 0.3) is 0 Å². The van der Waals surface area contributed by atoms with Gasteiger partial charge in [-0.2, -0.15) is 0 Å². The zero-order valence-corrected chi connectivity index (χ0v) is 12.8.